The van der Waals surface area contributed by atoms with E-state index in [0.29, 0.717) is 11.3 Å². The zero-order valence-electron chi connectivity index (χ0n) is 13.3. The summed E-state index contributed by atoms with van der Waals surface area (Å²) in [5.41, 5.74) is 1.51. The van der Waals surface area contributed by atoms with Gasteiger partial charge in [0.2, 0.25) is 0 Å². The molecule has 23 heavy (non-hydrogen) atoms. The first-order valence-corrected chi connectivity index (χ1v) is 8.49. The molecule has 0 saturated heterocycles. The second kappa shape index (κ2) is 6.49. The number of nitriles is 1. The first-order valence-electron chi connectivity index (χ1n) is 7.08. The van der Waals surface area contributed by atoms with Crippen molar-refractivity contribution in [3.05, 3.63) is 48.0 Å². The highest BCUT2D eigenvalue weighted by atomic mass is 32.2. The maximum atomic E-state index is 12.2. The van der Waals surface area contributed by atoms with Crippen LogP contribution >= 0.6 is 0 Å². The maximum Gasteiger partial charge on any atom is 0.314 e. The van der Waals surface area contributed by atoms with Crippen LogP contribution in [0.2, 0.25) is 0 Å². The Labute approximate surface area is 136 Å². The monoisotopic (exact) mass is 330 g/mol. The van der Waals surface area contributed by atoms with E-state index in [1.165, 1.54) is 6.07 Å². The molecule has 0 aliphatic heterocycles. The van der Waals surface area contributed by atoms with Crippen LogP contribution in [-0.4, -0.2) is 20.0 Å². The van der Waals surface area contributed by atoms with E-state index in [1.807, 2.05) is 26.8 Å². The van der Waals surface area contributed by atoms with Gasteiger partial charge in [0.05, 0.1) is 23.9 Å². The molecule has 1 aromatic heterocycles. The first kappa shape index (κ1) is 17.1. The van der Waals surface area contributed by atoms with Crippen LogP contribution in [0.5, 0.6) is 0 Å². The predicted octanol–water partition coefficient (Wildman–Crippen LogP) is 3.37. The maximum absolute atomic E-state index is 12.2. The Hall–Kier alpha value is -2.23. The summed E-state index contributed by atoms with van der Waals surface area (Å²) in [6.07, 6.45) is 0. The van der Waals surface area contributed by atoms with E-state index in [2.05, 4.69) is 4.98 Å². The fourth-order valence-corrected chi connectivity index (χ4v) is 2.83. The average Bonchev–Trinajstić information content (AvgIpc) is 2.53. The highest BCUT2D eigenvalue weighted by Crippen LogP contribution is 2.22. The second-order valence-corrected chi connectivity index (χ2v) is 7.89. The Kier molecular flexibility index (Phi) is 4.83. The van der Waals surface area contributed by atoms with Crippen molar-refractivity contribution in [1.29, 1.82) is 5.26 Å². The molecule has 0 aliphatic carbocycles. The van der Waals surface area contributed by atoms with Crippen molar-refractivity contribution in [2.24, 2.45) is 5.41 Å². The van der Waals surface area contributed by atoms with Crippen molar-refractivity contribution < 1.29 is 12.6 Å². The quantitative estimate of drug-likeness (QED) is 0.803. The number of benzene rings is 1. The van der Waals surface area contributed by atoms with Gasteiger partial charge in [-0.3, -0.25) is 4.18 Å². The van der Waals surface area contributed by atoms with Gasteiger partial charge >= 0.3 is 10.1 Å². The summed E-state index contributed by atoms with van der Waals surface area (Å²) in [5.74, 6) is 0. The summed E-state index contributed by atoms with van der Waals surface area (Å²) in [6, 6.07) is 13.6. The molecular weight excluding hydrogens is 312 g/mol. The fourth-order valence-electron chi connectivity index (χ4n) is 1.75. The summed E-state index contributed by atoms with van der Waals surface area (Å²) in [6.45, 7) is 5.76. The largest absolute Gasteiger partial charge is 0.314 e. The number of hydrogen-bond donors (Lipinski definition) is 0. The molecule has 2 aromatic rings. The lowest BCUT2D eigenvalue weighted by molar-refractivity contribution is 0.203. The molecule has 120 valence electrons. The van der Waals surface area contributed by atoms with E-state index in [-0.39, 0.29) is 17.0 Å². The van der Waals surface area contributed by atoms with E-state index in [4.69, 9.17) is 9.44 Å². The smallest absolute Gasteiger partial charge is 0.265 e. The van der Waals surface area contributed by atoms with Crippen molar-refractivity contribution in [3.63, 3.8) is 0 Å². The minimum absolute atomic E-state index is 0.0815. The van der Waals surface area contributed by atoms with Gasteiger partial charge in [-0.2, -0.15) is 13.7 Å². The van der Waals surface area contributed by atoms with Gasteiger partial charge in [-0.1, -0.05) is 39.0 Å². The highest BCUT2D eigenvalue weighted by Gasteiger charge is 2.21. The predicted molar refractivity (Wildman–Crippen MR) is 87.0 cm³/mol. The van der Waals surface area contributed by atoms with E-state index in [9.17, 15) is 8.42 Å². The molecular formula is C17H18N2O3S. The van der Waals surface area contributed by atoms with Gasteiger partial charge in [-0.05, 0) is 29.7 Å². The Balaban J connectivity index is 2.30. The fraction of sp³-hybridized carbons (Fsp3) is 0.294. The molecule has 0 aliphatic rings. The molecule has 5 nitrogen and oxygen atoms in total. The number of rotatable bonds is 4. The lowest BCUT2D eigenvalue weighted by Gasteiger charge is -2.17. The van der Waals surface area contributed by atoms with Crippen LogP contribution in [0.15, 0.2) is 47.5 Å². The third kappa shape index (κ3) is 4.62. The average molecular weight is 330 g/mol. The summed E-state index contributed by atoms with van der Waals surface area (Å²) in [5, 5.41) is 8.69. The summed E-state index contributed by atoms with van der Waals surface area (Å²) in [4.78, 5) is 4.17. The molecule has 0 spiro atoms. The van der Waals surface area contributed by atoms with Crippen molar-refractivity contribution in [2.45, 2.75) is 25.8 Å². The van der Waals surface area contributed by atoms with Crippen molar-refractivity contribution in [3.8, 4) is 17.3 Å². The number of aromatic nitrogens is 1. The molecule has 1 heterocycles. The van der Waals surface area contributed by atoms with Crippen LogP contribution in [0.25, 0.3) is 11.3 Å². The van der Waals surface area contributed by atoms with E-state index >= 15 is 0 Å². The van der Waals surface area contributed by atoms with Gasteiger partial charge in [0.1, 0.15) is 0 Å². The second-order valence-electron chi connectivity index (χ2n) is 6.33. The van der Waals surface area contributed by atoms with Gasteiger partial charge in [-0.15, -0.1) is 0 Å². The first-order chi connectivity index (χ1) is 10.7. The number of pyridine rings is 1. The summed E-state index contributed by atoms with van der Waals surface area (Å²) >= 11 is 0. The van der Waals surface area contributed by atoms with Crippen molar-refractivity contribution in [1.82, 2.24) is 4.98 Å². The Morgan fingerprint density at radius 1 is 1.13 bits per heavy atom. The highest BCUT2D eigenvalue weighted by molar-refractivity contribution is 7.86. The topological polar surface area (TPSA) is 80.0 Å². The van der Waals surface area contributed by atoms with Crippen LogP contribution < -0.4 is 0 Å². The molecule has 6 heteroatoms. The molecule has 2 rings (SSSR count). The Bertz CT molecular complexity index is 829. The van der Waals surface area contributed by atoms with Crippen LogP contribution in [0, 0.1) is 16.7 Å². The van der Waals surface area contributed by atoms with E-state index < -0.39 is 10.1 Å². The summed E-state index contributed by atoms with van der Waals surface area (Å²) in [7, 11) is -3.90. The SMILES string of the molecule is CC(C)(C)COS(=O)(=O)c1cccc(-c2ccc(C#N)cc2)n1. The molecule has 0 atom stereocenters. The molecule has 0 bridgehead atoms. The molecule has 0 radical (unpaired) electrons. The Morgan fingerprint density at radius 2 is 1.78 bits per heavy atom. The number of nitrogens with zero attached hydrogens (tertiary/aromatic N) is 2. The molecule has 0 unspecified atom stereocenters. The Morgan fingerprint density at radius 3 is 2.35 bits per heavy atom. The minimum atomic E-state index is -3.90. The van der Waals surface area contributed by atoms with Crippen molar-refractivity contribution in [2.75, 3.05) is 6.61 Å². The molecule has 0 saturated carbocycles. The standard InChI is InChI=1S/C17H18N2O3S/c1-17(2,3)12-22-23(20,21)16-6-4-5-15(19-16)14-9-7-13(11-18)8-10-14/h4-10H,12H2,1-3H3. The summed E-state index contributed by atoms with van der Waals surface area (Å²) < 4.78 is 29.5. The molecule has 0 N–H and O–H groups in total. The van der Waals surface area contributed by atoms with E-state index in [1.54, 1.807) is 36.4 Å². The van der Waals surface area contributed by atoms with Gasteiger partial charge in [-0.25, -0.2) is 4.98 Å². The van der Waals surface area contributed by atoms with Gasteiger partial charge in [0.25, 0.3) is 0 Å². The third-order valence-corrected chi connectivity index (χ3v) is 4.10. The van der Waals surface area contributed by atoms with Crippen LogP contribution in [0.3, 0.4) is 0 Å². The van der Waals surface area contributed by atoms with Crippen molar-refractivity contribution >= 4 is 10.1 Å². The number of hydrogen-bond acceptors (Lipinski definition) is 5. The minimum Gasteiger partial charge on any atom is -0.265 e. The zero-order chi connectivity index (χ0) is 17.1. The van der Waals surface area contributed by atoms with Crippen LogP contribution in [-0.2, 0) is 14.3 Å². The molecule has 1 aromatic carbocycles. The zero-order valence-corrected chi connectivity index (χ0v) is 14.1. The molecule has 0 fully saturated rings. The lowest BCUT2D eigenvalue weighted by atomic mass is 9.99. The van der Waals surface area contributed by atoms with Crippen LogP contribution in [0.4, 0.5) is 0 Å². The normalized spacial score (nSPS) is 11.9. The lowest BCUT2D eigenvalue weighted by Crippen LogP contribution is -2.19. The van der Waals surface area contributed by atoms with Gasteiger partial charge < -0.3 is 0 Å². The molecule has 0 amide bonds. The third-order valence-electron chi connectivity index (χ3n) is 2.94. The van der Waals surface area contributed by atoms with Gasteiger partial charge in [0.15, 0.2) is 5.03 Å². The van der Waals surface area contributed by atoms with Crippen LogP contribution in [0.1, 0.15) is 26.3 Å². The van der Waals surface area contributed by atoms with E-state index in [0.717, 1.165) is 5.56 Å². The van der Waals surface area contributed by atoms with Gasteiger partial charge in [0, 0.05) is 5.56 Å².